The number of hydrogen-bond acceptors (Lipinski definition) is 5. The Morgan fingerprint density at radius 2 is 1.51 bits per heavy atom. The van der Waals surface area contributed by atoms with Gasteiger partial charge in [0.2, 0.25) is 5.91 Å². The summed E-state index contributed by atoms with van der Waals surface area (Å²) in [5.74, 6) is 1.50. The topological polar surface area (TPSA) is 112 Å². The summed E-state index contributed by atoms with van der Waals surface area (Å²) in [5.41, 5.74) is 13.2. The molecule has 0 aliphatic rings. The lowest BCUT2D eigenvalue weighted by molar-refractivity contribution is -0.122. The number of carbonyl (C=O) groups is 1. The second kappa shape index (κ2) is 16.3. The van der Waals surface area contributed by atoms with E-state index in [0.717, 1.165) is 61.2 Å². The molecule has 3 rings (SSSR count). The average molecular weight is 523 g/mol. The third-order valence-corrected chi connectivity index (χ3v) is 6.56. The maximum absolute atomic E-state index is 12.5. The molecule has 0 saturated carbocycles. The van der Waals surface area contributed by atoms with Gasteiger partial charge in [0.05, 0.1) is 6.61 Å². The van der Waals surface area contributed by atoms with E-state index in [4.69, 9.17) is 20.9 Å². The van der Waals surface area contributed by atoms with E-state index in [9.17, 15) is 4.79 Å². The predicted octanol–water partition coefficient (Wildman–Crippen LogP) is 5.05. The van der Waals surface area contributed by atoms with Crippen LogP contribution in [0.5, 0.6) is 11.5 Å². The molecule has 0 bridgehead atoms. The second-order valence-electron chi connectivity index (χ2n) is 8.91. The standard InChI is InChI=1S/C29H38N4O3S/c30-29(31)33-27(20-24-16-19-37-22-24)28(34)32-17-8-3-1-2-4-9-18-35-25-12-14-26(15-13-25)36-21-23-10-6-5-7-11-23/h5-7,10-16,19,22,27H,1-4,8-9,17-18,20-21H2,(H,32,34)(H4,30,31,33). The van der Waals surface area contributed by atoms with Gasteiger partial charge in [0, 0.05) is 13.0 Å². The van der Waals surface area contributed by atoms with E-state index in [1.165, 1.54) is 0 Å². The minimum absolute atomic E-state index is 0.0655. The van der Waals surface area contributed by atoms with Crippen molar-refractivity contribution in [3.8, 4) is 11.5 Å². The Labute approximate surface area is 223 Å². The largest absolute Gasteiger partial charge is 0.494 e. The van der Waals surface area contributed by atoms with Crippen LogP contribution in [0.2, 0.25) is 0 Å². The van der Waals surface area contributed by atoms with Crippen molar-refractivity contribution in [2.24, 2.45) is 16.5 Å². The van der Waals surface area contributed by atoms with Crippen LogP contribution in [-0.2, 0) is 17.8 Å². The molecule has 1 heterocycles. The molecular weight excluding hydrogens is 484 g/mol. The summed E-state index contributed by atoms with van der Waals surface area (Å²) in [7, 11) is 0. The van der Waals surface area contributed by atoms with Crippen molar-refractivity contribution in [2.45, 2.75) is 57.6 Å². The Morgan fingerprint density at radius 1 is 0.838 bits per heavy atom. The fourth-order valence-corrected chi connectivity index (χ4v) is 4.52. The number of aliphatic imine (C=N–C) groups is 1. The fraction of sp³-hybridized carbons (Fsp3) is 0.379. The molecule has 0 radical (unpaired) electrons. The zero-order chi connectivity index (χ0) is 26.1. The van der Waals surface area contributed by atoms with E-state index in [1.54, 1.807) is 11.3 Å². The number of guanidine groups is 1. The summed E-state index contributed by atoms with van der Waals surface area (Å²) in [6.45, 7) is 1.89. The summed E-state index contributed by atoms with van der Waals surface area (Å²) in [6, 6.07) is 19.3. The molecule has 0 fully saturated rings. The van der Waals surface area contributed by atoms with Crippen LogP contribution in [0.3, 0.4) is 0 Å². The Kier molecular flexibility index (Phi) is 12.3. The van der Waals surface area contributed by atoms with Crippen LogP contribution in [0.1, 0.15) is 49.7 Å². The van der Waals surface area contributed by atoms with Crippen LogP contribution in [0.25, 0.3) is 0 Å². The molecule has 1 aromatic heterocycles. The Balaban J connectivity index is 1.19. The Morgan fingerprint density at radius 3 is 2.19 bits per heavy atom. The van der Waals surface area contributed by atoms with E-state index in [-0.39, 0.29) is 11.9 Å². The van der Waals surface area contributed by atoms with Crippen LogP contribution in [0.4, 0.5) is 0 Å². The zero-order valence-corrected chi connectivity index (χ0v) is 22.1. The summed E-state index contributed by atoms with van der Waals surface area (Å²) in [5, 5.41) is 6.95. The third kappa shape index (κ3) is 11.4. The third-order valence-electron chi connectivity index (χ3n) is 5.83. The number of nitrogens with one attached hydrogen (secondary N) is 1. The van der Waals surface area contributed by atoms with Gasteiger partial charge in [-0.3, -0.25) is 4.79 Å². The molecule has 5 N–H and O–H groups in total. The van der Waals surface area contributed by atoms with Crippen molar-refractivity contribution < 1.29 is 14.3 Å². The van der Waals surface area contributed by atoms with Gasteiger partial charge in [-0.1, -0.05) is 56.0 Å². The van der Waals surface area contributed by atoms with E-state index >= 15 is 0 Å². The lowest BCUT2D eigenvalue weighted by atomic mass is 10.1. The number of ether oxygens (including phenoxy) is 2. The van der Waals surface area contributed by atoms with Gasteiger partial charge < -0.3 is 26.3 Å². The minimum Gasteiger partial charge on any atom is -0.494 e. The first-order chi connectivity index (χ1) is 18.1. The number of thiophene rings is 1. The molecule has 0 aliphatic heterocycles. The lowest BCUT2D eigenvalue weighted by Crippen LogP contribution is -2.38. The number of rotatable bonds is 17. The van der Waals surface area contributed by atoms with Crippen molar-refractivity contribution in [3.63, 3.8) is 0 Å². The van der Waals surface area contributed by atoms with Gasteiger partial charge in [0.15, 0.2) is 5.96 Å². The molecular formula is C29H38N4O3S. The highest BCUT2D eigenvalue weighted by atomic mass is 32.1. The molecule has 198 valence electrons. The second-order valence-corrected chi connectivity index (χ2v) is 9.69. The maximum Gasteiger partial charge on any atom is 0.245 e. The summed E-state index contributed by atoms with van der Waals surface area (Å²) < 4.78 is 11.7. The van der Waals surface area contributed by atoms with Crippen molar-refractivity contribution in [3.05, 3.63) is 82.6 Å². The number of benzene rings is 2. The first-order valence-corrected chi connectivity index (χ1v) is 13.8. The normalized spacial score (nSPS) is 11.5. The van der Waals surface area contributed by atoms with E-state index in [1.807, 2.05) is 59.3 Å². The zero-order valence-electron chi connectivity index (χ0n) is 21.3. The molecule has 8 heteroatoms. The molecule has 7 nitrogen and oxygen atoms in total. The SMILES string of the molecule is NC(N)=NC(Cc1ccsc1)C(=O)NCCCCCCCCOc1ccc(OCc2ccccc2)cc1. The molecule has 0 aliphatic carbocycles. The smallest absolute Gasteiger partial charge is 0.245 e. The highest BCUT2D eigenvalue weighted by Crippen LogP contribution is 2.19. The van der Waals surface area contributed by atoms with Gasteiger partial charge in [-0.15, -0.1) is 0 Å². The Hall–Kier alpha value is -3.52. The van der Waals surface area contributed by atoms with Crippen LogP contribution in [-0.4, -0.2) is 31.1 Å². The quantitative estimate of drug-likeness (QED) is 0.131. The van der Waals surface area contributed by atoms with Crippen LogP contribution in [0.15, 0.2) is 76.4 Å². The number of unbranched alkanes of at least 4 members (excludes halogenated alkanes) is 5. The molecule has 0 saturated heterocycles. The number of hydrogen-bond donors (Lipinski definition) is 3. The molecule has 1 unspecified atom stereocenters. The monoisotopic (exact) mass is 522 g/mol. The average Bonchev–Trinajstić information content (AvgIpc) is 3.42. The van der Waals surface area contributed by atoms with Gasteiger partial charge in [-0.25, -0.2) is 4.99 Å². The van der Waals surface area contributed by atoms with Crippen molar-refractivity contribution >= 4 is 23.2 Å². The van der Waals surface area contributed by atoms with Crippen LogP contribution in [0, 0.1) is 0 Å². The van der Waals surface area contributed by atoms with Gasteiger partial charge in [-0.2, -0.15) is 11.3 Å². The Bertz CT molecular complexity index is 1050. The highest BCUT2D eigenvalue weighted by Gasteiger charge is 2.18. The first-order valence-electron chi connectivity index (χ1n) is 12.9. The highest BCUT2D eigenvalue weighted by molar-refractivity contribution is 7.07. The number of amides is 1. The number of nitrogens with zero attached hydrogens (tertiary/aromatic N) is 1. The summed E-state index contributed by atoms with van der Waals surface area (Å²) in [4.78, 5) is 16.6. The first kappa shape index (κ1) is 28.1. The van der Waals surface area contributed by atoms with Gasteiger partial charge in [0.25, 0.3) is 0 Å². The molecule has 1 atom stereocenters. The van der Waals surface area contributed by atoms with E-state index in [0.29, 0.717) is 26.2 Å². The van der Waals surface area contributed by atoms with Crippen molar-refractivity contribution in [1.29, 1.82) is 0 Å². The fourth-order valence-electron chi connectivity index (χ4n) is 3.84. The molecule has 2 aromatic carbocycles. The summed E-state index contributed by atoms with van der Waals surface area (Å²) in [6.07, 6.45) is 6.94. The van der Waals surface area contributed by atoms with Crippen LogP contribution >= 0.6 is 11.3 Å². The van der Waals surface area contributed by atoms with E-state index < -0.39 is 6.04 Å². The number of carbonyl (C=O) groups excluding carboxylic acids is 1. The van der Waals surface area contributed by atoms with Gasteiger partial charge in [-0.05, 0) is 65.1 Å². The molecule has 0 spiro atoms. The summed E-state index contributed by atoms with van der Waals surface area (Å²) >= 11 is 1.59. The van der Waals surface area contributed by atoms with Gasteiger partial charge in [0.1, 0.15) is 24.1 Å². The van der Waals surface area contributed by atoms with Crippen molar-refractivity contribution in [2.75, 3.05) is 13.2 Å². The van der Waals surface area contributed by atoms with Crippen LogP contribution < -0.4 is 26.3 Å². The lowest BCUT2D eigenvalue weighted by Gasteiger charge is -2.13. The van der Waals surface area contributed by atoms with Gasteiger partial charge >= 0.3 is 0 Å². The molecule has 1 amide bonds. The molecule has 37 heavy (non-hydrogen) atoms. The maximum atomic E-state index is 12.5. The van der Waals surface area contributed by atoms with E-state index in [2.05, 4.69) is 22.4 Å². The van der Waals surface area contributed by atoms with Crippen molar-refractivity contribution in [1.82, 2.24) is 5.32 Å². The molecule has 3 aromatic rings. The minimum atomic E-state index is -0.586. The predicted molar refractivity (Wildman–Crippen MR) is 151 cm³/mol. The number of nitrogens with two attached hydrogens (primary N) is 2.